The number of benzene rings is 2. The van der Waals surface area contributed by atoms with E-state index in [0.29, 0.717) is 22.9 Å². The summed E-state index contributed by atoms with van der Waals surface area (Å²) in [6.45, 7) is 4.57. The molecule has 0 unspecified atom stereocenters. The highest BCUT2D eigenvalue weighted by molar-refractivity contribution is 6.30. The summed E-state index contributed by atoms with van der Waals surface area (Å²) in [6.07, 6.45) is 1.71. The number of nitrogens with one attached hydrogen (secondary N) is 1. The van der Waals surface area contributed by atoms with Gasteiger partial charge in [-0.1, -0.05) is 41.9 Å². The minimum atomic E-state index is -0.299. The number of rotatable bonds is 7. The van der Waals surface area contributed by atoms with E-state index < -0.39 is 0 Å². The number of hydrogen-bond donors (Lipinski definition) is 1. The number of halogens is 1. The van der Waals surface area contributed by atoms with Crippen LogP contribution < -0.4 is 10.1 Å². The molecule has 0 aliphatic carbocycles. The van der Waals surface area contributed by atoms with Gasteiger partial charge in [-0.25, -0.2) is 4.68 Å². The zero-order chi connectivity index (χ0) is 21.8. The lowest BCUT2D eigenvalue weighted by Gasteiger charge is -2.07. The Labute approximate surface area is 185 Å². The molecule has 0 aliphatic heterocycles. The summed E-state index contributed by atoms with van der Waals surface area (Å²) in [7, 11) is 0. The molecule has 7 nitrogen and oxygen atoms in total. The summed E-state index contributed by atoms with van der Waals surface area (Å²) in [5.41, 5.74) is 3.62. The van der Waals surface area contributed by atoms with Crippen LogP contribution in [0.25, 0.3) is 0 Å². The summed E-state index contributed by atoms with van der Waals surface area (Å²) in [4.78, 5) is 12.7. The van der Waals surface area contributed by atoms with E-state index in [1.807, 2.05) is 73.1 Å². The van der Waals surface area contributed by atoms with Gasteiger partial charge in [0.05, 0.1) is 23.6 Å². The normalized spacial score (nSPS) is 10.8. The molecule has 31 heavy (non-hydrogen) atoms. The number of hydrogen-bond acceptors (Lipinski definition) is 4. The number of carbonyl (C=O) groups excluding carboxylic acids is 1. The first-order chi connectivity index (χ1) is 15.0. The molecule has 4 aromatic rings. The van der Waals surface area contributed by atoms with Crippen molar-refractivity contribution in [3.8, 4) is 5.75 Å². The third-order valence-electron chi connectivity index (χ3n) is 4.82. The minimum absolute atomic E-state index is 0.215. The Kier molecular flexibility index (Phi) is 6.04. The molecule has 2 heterocycles. The van der Waals surface area contributed by atoms with Gasteiger partial charge in [-0.3, -0.25) is 9.48 Å². The highest BCUT2D eigenvalue weighted by Gasteiger charge is 2.17. The molecule has 1 N–H and O–H groups in total. The van der Waals surface area contributed by atoms with Crippen molar-refractivity contribution in [1.29, 1.82) is 0 Å². The van der Waals surface area contributed by atoms with Crippen LogP contribution in [-0.4, -0.2) is 25.5 Å². The lowest BCUT2D eigenvalue weighted by atomic mass is 10.2. The van der Waals surface area contributed by atoms with E-state index in [1.54, 1.807) is 16.9 Å². The Morgan fingerprint density at radius 3 is 2.65 bits per heavy atom. The topological polar surface area (TPSA) is 74.0 Å². The summed E-state index contributed by atoms with van der Waals surface area (Å²) in [5, 5.41) is 12.5. The molecule has 0 spiro atoms. The molecule has 0 radical (unpaired) electrons. The Bertz CT molecular complexity index is 1200. The molecule has 2 aromatic heterocycles. The van der Waals surface area contributed by atoms with Gasteiger partial charge < -0.3 is 10.1 Å². The van der Waals surface area contributed by atoms with Gasteiger partial charge in [-0.05, 0) is 49.7 Å². The lowest BCUT2D eigenvalue weighted by molar-refractivity contribution is 0.102. The van der Waals surface area contributed by atoms with Crippen LogP contribution in [-0.2, 0) is 13.3 Å². The predicted octanol–water partition coefficient (Wildman–Crippen LogP) is 4.69. The second-order valence-corrected chi connectivity index (χ2v) is 7.55. The van der Waals surface area contributed by atoms with E-state index in [1.165, 1.54) is 0 Å². The van der Waals surface area contributed by atoms with Crippen LogP contribution in [0.1, 0.15) is 27.4 Å². The molecule has 4 rings (SSSR count). The number of aryl methyl sites for hydroxylation is 1. The fourth-order valence-electron chi connectivity index (χ4n) is 3.23. The third kappa shape index (κ3) is 4.95. The van der Waals surface area contributed by atoms with Crippen LogP contribution in [0.2, 0.25) is 5.02 Å². The maximum Gasteiger partial charge on any atom is 0.276 e. The monoisotopic (exact) mass is 435 g/mol. The van der Waals surface area contributed by atoms with E-state index in [9.17, 15) is 4.79 Å². The number of para-hydroxylation sites is 1. The van der Waals surface area contributed by atoms with Gasteiger partial charge in [-0.15, -0.1) is 0 Å². The van der Waals surface area contributed by atoms with Crippen molar-refractivity contribution < 1.29 is 9.53 Å². The molecule has 1 amide bonds. The Morgan fingerprint density at radius 2 is 1.87 bits per heavy atom. The van der Waals surface area contributed by atoms with Gasteiger partial charge in [0.15, 0.2) is 12.4 Å². The summed E-state index contributed by atoms with van der Waals surface area (Å²) >= 11 is 6.08. The molecule has 8 heteroatoms. The standard InChI is InChI=1S/C23H22ClN5O2/c1-16-22(17(2)29(26-16)14-18-7-6-8-19(24)13-18)25-23(30)21-11-12-28(27-21)15-31-20-9-4-3-5-10-20/h3-13H,14-15H2,1-2H3,(H,25,30). The van der Waals surface area contributed by atoms with Crippen LogP contribution in [0.5, 0.6) is 5.75 Å². The van der Waals surface area contributed by atoms with Crippen molar-refractivity contribution in [2.24, 2.45) is 0 Å². The molecule has 0 atom stereocenters. The van der Waals surface area contributed by atoms with Crippen molar-refractivity contribution in [3.63, 3.8) is 0 Å². The lowest BCUT2D eigenvalue weighted by Crippen LogP contribution is -2.15. The quantitative estimate of drug-likeness (QED) is 0.457. The average Bonchev–Trinajstić information content (AvgIpc) is 3.34. The Morgan fingerprint density at radius 1 is 1.06 bits per heavy atom. The minimum Gasteiger partial charge on any atom is -0.471 e. The van der Waals surface area contributed by atoms with Gasteiger partial charge >= 0.3 is 0 Å². The van der Waals surface area contributed by atoms with Gasteiger partial charge in [0.25, 0.3) is 5.91 Å². The largest absolute Gasteiger partial charge is 0.471 e. The molecule has 158 valence electrons. The fraction of sp³-hybridized carbons (Fsp3) is 0.174. The van der Waals surface area contributed by atoms with Crippen molar-refractivity contribution in [1.82, 2.24) is 19.6 Å². The van der Waals surface area contributed by atoms with Gasteiger partial charge in [0, 0.05) is 11.2 Å². The van der Waals surface area contributed by atoms with Crippen LogP contribution >= 0.6 is 11.6 Å². The summed E-state index contributed by atoms with van der Waals surface area (Å²) in [5.74, 6) is 0.439. The van der Waals surface area contributed by atoms with E-state index in [-0.39, 0.29) is 12.6 Å². The predicted molar refractivity (Wildman–Crippen MR) is 120 cm³/mol. The fourth-order valence-corrected chi connectivity index (χ4v) is 3.44. The maximum atomic E-state index is 12.7. The van der Waals surface area contributed by atoms with Gasteiger partial charge in [0.1, 0.15) is 5.75 Å². The maximum absolute atomic E-state index is 12.7. The zero-order valence-corrected chi connectivity index (χ0v) is 18.0. The Balaban J connectivity index is 1.43. The SMILES string of the molecule is Cc1nn(Cc2cccc(Cl)c2)c(C)c1NC(=O)c1ccn(COc2ccccc2)n1. The highest BCUT2D eigenvalue weighted by atomic mass is 35.5. The molecule has 0 saturated heterocycles. The van der Waals surface area contributed by atoms with Gasteiger partial charge in [-0.2, -0.15) is 10.2 Å². The second-order valence-electron chi connectivity index (χ2n) is 7.11. The summed E-state index contributed by atoms with van der Waals surface area (Å²) in [6, 6.07) is 18.7. The van der Waals surface area contributed by atoms with E-state index in [2.05, 4.69) is 15.5 Å². The molecule has 0 fully saturated rings. The van der Waals surface area contributed by atoms with Crippen LogP contribution in [0.15, 0.2) is 66.9 Å². The molecule has 2 aromatic carbocycles. The number of amides is 1. The molecular weight excluding hydrogens is 414 g/mol. The van der Waals surface area contributed by atoms with Crippen molar-refractivity contribution in [2.45, 2.75) is 27.1 Å². The first-order valence-corrected chi connectivity index (χ1v) is 10.2. The Hall–Kier alpha value is -3.58. The van der Waals surface area contributed by atoms with Crippen molar-refractivity contribution in [2.75, 3.05) is 5.32 Å². The van der Waals surface area contributed by atoms with Crippen LogP contribution in [0.3, 0.4) is 0 Å². The number of aromatic nitrogens is 4. The van der Waals surface area contributed by atoms with Gasteiger partial charge in [0.2, 0.25) is 0 Å². The number of carbonyl (C=O) groups is 1. The first-order valence-electron chi connectivity index (χ1n) is 9.80. The van der Waals surface area contributed by atoms with Crippen molar-refractivity contribution >= 4 is 23.2 Å². The molecule has 0 bridgehead atoms. The number of ether oxygens (including phenoxy) is 1. The summed E-state index contributed by atoms with van der Waals surface area (Å²) < 4.78 is 9.08. The average molecular weight is 436 g/mol. The smallest absolute Gasteiger partial charge is 0.276 e. The van der Waals surface area contributed by atoms with E-state index in [4.69, 9.17) is 16.3 Å². The molecule has 0 aliphatic rings. The zero-order valence-electron chi connectivity index (χ0n) is 17.2. The number of nitrogens with zero attached hydrogens (tertiary/aromatic N) is 4. The van der Waals surface area contributed by atoms with Crippen LogP contribution in [0.4, 0.5) is 5.69 Å². The molecule has 0 saturated carbocycles. The second kappa shape index (κ2) is 9.06. The first kappa shape index (κ1) is 20.7. The highest BCUT2D eigenvalue weighted by Crippen LogP contribution is 2.22. The van der Waals surface area contributed by atoms with Crippen LogP contribution in [0, 0.1) is 13.8 Å². The van der Waals surface area contributed by atoms with Crippen molar-refractivity contribution in [3.05, 3.63) is 94.5 Å². The van der Waals surface area contributed by atoms with E-state index >= 15 is 0 Å². The third-order valence-corrected chi connectivity index (χ3v) is 5.06. The van der Waals surface area contributed by atoms with E-state index in [0.717, 1.165) is 22.7 Å². The molecular formula is C23H22ClN5O2. The number of anilines is 1.